The fourth-order valence-corrected chi connectivity index (χ4v) is 2.39. The van der Waals surface area contributed by atoms with Gasteiger partial charge in [-0.3, -0.25) is 9.59 Å². The number of aromatic amines is 1. The van der Waals surface area contributed by atoms with Gasteiger partial charge in [0.2, 0.25) is 11.8 Å². The first-order chi connectivity index (χ1) is 9.40. The first-order valence-electron chi connectivity index (χ1n) is 6.53. The molecule has 1 fully saturated rings. The van der Waals surface area contributed by atoms with Crippen LogP contribution in [-0.4, -0.2) is 45.8 Å². The number of amides is 2. The van der Waals surface area contributed by atoms with E-state index in [1.807, 2.05) is 0 Å². The highest BCUT2D eigenvalue weighted by Gasteiger charge is 2.29. The number of carbonyl (C=O) groups is 2. The van der Waals surface area contributed by atoms with E-state index in [0.29, 0.717) is 30.0 Å². The standard InChI is InChI=1S/C13H18N4O3/c1-7-10(8(2)16-13(20)15-7)6-11(18)17-5-4-14-12(19)9(17)3/h9H,4-6H2,1-3H3,(H,14,19)(H,15,16,20). The third-order valence-corrected chi connectivity index (χ3v) is 3.60. The maximum Gasteiger partial charge on any atom is 0.345 e. The van der Waals surface area contributed by atoms with E-state index in [9.17, 15) is 14.4 Å². The molecule has 1 aliphatic heterocycles. The van der Waals surface area contributed by atoms with Crippen molar-refractivity contribution in [2.75, 3.05) is 13.1 Å². The molecule has 0 spiro atoms. The normalized spacial score (nSPS) is 18.9. The highest BCUT2D eigenvalue weighted by atomic mass is 16.2. The predicted molar refractivity (Wildman–Crippen MR) is 72.2 cm³/mol. The second-order valence-electron chi connectivity index (χ2n) is 4.96. The summed E-state index contributed by atoms with van der Waals surface area (Å²) in [5, 5.41) is 2.72. The van der Waals surface area contributed by atoms with Crippen LogP contribution in [0.25, 0.3) is 0 Å². The van der Waals surface area contributed by atoms with Gasteiger partial charge in [-0.05, 0) is 20.8 Å². The summed E-state index contributed by atoms with van der Waals surface area (Å²) in [7, 11) is 0. The highest BCUT2D eigenvalue weighted by molar-refractivity contribution is 5.89. The van der Waals surface area contributed by atoms with Gasteiger partial charge in [-0.25, -0.2) is 4.79 Å². The van der Waals surface area contributed by atoms with E-state index in [1.165, 1.54) is 0 Å². The number of aromatic nitrogens is 2. The molecule has 2 rings (SSSR count). The summed E-state index contributed by atoms with van der Waals surface area (Å²) in [4.78, 5) is 43.1. The lowest BCUT2D eigenvalue weighted by Gasteiger charge is -2.33. The molecule has 1 saturated heterocycles. The minimum atomic E-state index is -0.465. The molecule has 2 N–H and O–H groups in total. The van der Waals surface area contributed by atoms with Crippen molar-refractivity contribution < 1.29 is 9.59 Å². The number of nitrogens with one attached hydrogen (secondary N) is 2. The molecule has 0 saturated carbocycles. The summed E-state index contributed by atoms with van der Waals surface area (Å²) in [6.07, 6.45) is 0.138. The van der Waals surface area contributed by atoms with Crippen molar-refractivity contribution >= 4 is 11.8 Å². The number of hydrogen-bond donors (Lipinski definition) is 2. The molecule has 1 atom stereocenters. The number of nitrogens with zero attached hydrogens (tertiary/aromatic N) is 2. The van der Waals surface area contributed by atoms with Crippen LogP contribution in [-0.2, 0) is 16.0 Å². The minimum Gasteiger partial charge on any atom is -0.353 e. The quantitative estimate of drug-likeness (QED) is 0.746. The first-order valence-corrected chi connectivity index (χ1v) is 6.53. The maximum atomic E-state index is 12.3. The number of carbonyl (C=O) groups excluding carboxylic acids is 2. The number of aryl methyl sites for hydroxylation is 2. The molecule has 1 aliphatic rings. The third kappa shape index (κ3) is 2.71. The average Bonchev–Trinajstić information content (AvgIpc) is 2.36. The van der Waals surface area contributed by atoms with Crippen molar-refractivity contribution in [3.05, 3.63) is 27.4 Å². The molecule has 0 radical (unpaired) electrons. The molecular formula is C13H18N4O3. The summed E-state index contributed by atoms with van der Waals surface area (Å²) in [5.41, 5.74) is 1.49. The molecule has 1 aromatic rings. The monoisotopic (exact) mass is 278 g/mol. The highest BCUT2D eigenvalue weighted by Crippen LogP contribution is 2.12. The van der Waals surface area contributed by atoms with Crippen molar-refractivity contribution in [2.45, 2.75) is 33.2 Å². The van der Waals surface area contributed by atoms with Crippen LogP contribution in [0.4, 0.5) is 0 Å². The Balaban J connectivity index is 2.20. The van der Waals surface area contributed by atoms with Crippen molar-refractivity contribution in [2.24, 2.45) is 0 Å². The lowest BCUT2D eigenvalue weighted by atomic mass is 10.1. The van der Waals surface area contributed by atoms with Gasteiger partial charge >= 0.3 is 5.69 Å². The van der Waals surface area contributed by atoms with Gasteiger partial charge in [0.25, 0.3) is 0 Å². The molecule has 20 heavy (non-hydrogen) atoms. The van der Waals surface area contributed by atoms with Crippen LogP contribution >= 0.6 is 0 Å². The Labute approximate surface area is 116 Å². The summed E-state index contributed by atoms with van der Waals surface area (Å²) in [6.45, 7) is 6.12. The van der Waals surface area contributed by atoms with E-state index in [2.05, 4.69) is 15.3 Å². The van der Waals surface area contributed by atoms with Gasteiger partial charge in [0.1, 0.15) is 6.04 Å². The summed E-state index contributed by atoms with van der Waals surface area (Å²) in [6, 6.07) is -0.465. The largest absolute Gasteiger partial charge is 0.353 e. The number of H-pyrrole nitrogens is 1. The van der Waals surface area contributed by atoms with Gasteiger partial charge in [-0.15, -0.1) is 0 Å². The Morgan fingerprint density at radius 1 is 1.40 bits per heavy atom. The van der Waals surface area contributed by atoms with Crippen LogP contribution < -0.4 is 11.0 Å². The number of hydrogen-bond acceptors (Lipinski definition) is 4. The van der Waals surface area contributed by atoms with E-state index in [0.717, 1.165) is 0 Å². The van der Waals surface area contributed by atoms with E-state index in [1.54, 1.807) is 25.7 Å². The fraction of sp³-hybridized carbons (Fsp3) is 0.538. The Kier molecular flexibility index (Phi) is 3.87. The Bertz CT molecular complexity index is 582. The van der Waals surface area contributed by atoms with Crippen LogP contribution in [0.3, 0.4) is 0 Å². The summed E-state index contributed by atoms with van der Waals surface area (Å²) in [5.74, 6) is -0.273. The second kappa shape index (κ2) is 5.44. The van der Waals surface area contributed by atoms with E-state index in [4.69, 9.17) is 0 Å². The molecule has 1 aromatic heterocycles. The SMILES string of the molecule is Cc1nc(=O)[nH]c(C)c1CC(=O)N1CCNC(=O)C1C. The van der Waals surface area contributed by atoms with Crippen molar-refractivity contribution in [3.63, 3.8) is 0 Å². The molecule has 0 bridgehead atoms. The van der Waals surface area contributed by atoms with Gasteiger partial charge in [0.15, 0.2) is 0 Å². The zero-order chi connectivity index (χ0) is 14.9. The molecule has 0 aliphatic carbocycles. The Hall–Kier alpha value is -2.18. The van der Waals surface area contributed by atoms with Crippen LogP contribution in [0.1, 0.15) is 23.9 Å². The average molecular weight is 278 g/mol. The van der Waals surface area contributed by atoms with Crippen LogP contribution in [0.5, 0.6) is 0 Å². The summed E-state index contributed by atoms with van der Waals surface area (Å²) >= 11 is 0. The molecule has 7 nitrogen and oxygen atoms in total. The van der Waals surface area contributed by atoms with Gasteiger partial charge < -0.3 is 15.2 Å². The minimum absolute atomic E-state index is 0.132. The van der Waals surface area contributed by atoms with Crippen LogP contribution in [0.2, 0.25) is 0 Å². The molecule has 2 amide bonds. The first kappa shape index (κ1) is 14.2. The molecule has 108 valence electrons. The van der Waals surface area contributed by atoms with Gasteiger partial charge in [-0.1, -0.05) is 0 Å². The zero-order valence-electron chi connectivity index (χ0n) is 11.8. The number of rotatable bonds is 2. The fourth-order valence-electron chi connectivity index (χ4n) is 2.39. The summed E-state index contributed by atoms with van der Waals surface area (Å²) < 4.78 is 0. The Morgan fingerprint density at radius 2 is 2.10 bits per heavy atom. The van der Waals surface area contributed by atoms with Crippen LogP contribution in [0, 0.1) is 13.8 Å². The van der Waals surface area contributed by atoms with E-state index in [-0.39, 0.29) is 18.2 Å². The van der Waals surface area contributed by atoms with Gasteiger partial charge in [-0.2, -0.15) is 4.98 Å². The van der Waals surface area contributed by atoms with E-state index >= 15 is 0 Å². The second-order valence-corrected chi connectivity index (χ2v) is 4.96. The van der Waals surface area contributed by atoms with Crippen molar-refractivity contribution in [1.82, 2.24) is 20.2 Å². The Morgan fingerprint density at radius 3 is 2.75 bits per heavy atom. The van der Waals surface area contributed by atoms with Crippen LogP contribution in [0.15, 0.2) is 4.79 Å². The lowest BCUT2D eigenvalue weighted by molar-refractivity contribution is -0.142. The van der Waals surface area contributed by atoms with E-state index < -0.39 is 11.7 Å². The van der Waals surface area contributed by atoms with Gasteiger partial charge in [0, 0.05) is 30.0 Å². The van der Waals surface area contributed by atoms with Crippen molar-refractivity contribution in [1.29, 1.82) is 0 Å². The maximum absolute atomic E-state index is 12.3. The lowest BCUT2D eigenvalue weighted by Crippen LogP contribution is -2.56. The topological polar surface area (TPSA) is 95.2 Å². The zero-order valence-corrected chi connectivity index (χ0v) is 11.8. The molecule has 0 aromatic carbocycles. The molecule has 2 heterocycles. The third-order valence-electron chi connectivity index (χ3n) is 3.60. The number of piperazine rings is 1. The molecular weight excluding hydrogens is 260 g/mol. The smallest absolute Gasteiger partial charge is 0.345 e. The van der Waals surface area contributed by atoms with Crippen molar-refractivity contribution in [3.8, 4) is 0 Å². The van der Waals surface area contributed by atoms with Gasteiger partial charge in [0.05, 0.1) is 6.42 Å². The molecule has 7 heteroatoms. The molecule has 1 unspecified atom stereocenters. The predicted octanol–water partition coefficient (Wildman–Crippen LogP) is -0.724.